The van der Waals surface area contributed by atoms with E-state index >= 15 is 0 Å². The first-order valence-electron chi connectivity index (χ1n) is 13.9. The molecular weight excluding hydrogens is 638 g/mol. The topological polar surface area (TPSA) is 112 Å². The molecule has 0 aliphatic heterocycles. The molecule has 0 spiro atoms. The molecule has 9 nitrogen and oxygen atoms in total. The Morgan fingerprint density at radius 2 is 1.79 bits per heavy atom. The average Bonchev–Trinajstić information content (AvgIpc) is 2.97. The van der Waals surface area contributed by atoms with Crippen LogP contribution in [0.5, 0.6) is 17.2 Å². The Bertz CT molecular complexity index is 1770. The van der Waals surface area contributed by atoms with Crippen LogP contribution in [-0.4, -0.2) is 46.3 Å². The number of ether oxygens (including phenoxy) is 3. The van der Waals surface area contributed by atoms with Crippen molar-refractivity contribution in [2.75, 3.05) is 13.2 Å². The van der Waals surface area contributed by atoms with Gasteiger partial charge in [-0.25, -0.2) is 9.78 Å². The fraction of sp³-hybridized carbons (Fsp3) is 0.312. The van der Waals surface area contributed by atoms with Gasteiger partial charge in [-0.3, -0.25) is 4.79 Å². The van der Waals surface area contributed by atoms with Crippen molar-refractivity contribution < 1.29 is 24.1 Å². The minimum absolute atomic E-state index is 0.0823. The molecule has 0 saturated carbocycles. The standard InChI is InChI=1S/C32H33BrClN3O6/c1-7-41-25-13-18(5)23(15-22(25)17(3)4)30-36-24-12-10-9-11-21(24)31(38)37(30)35-16-20-14-26(42-8-2)29(28(34)27(20)33)43-19(6)32(39)40/h9-17,19H,7-8H2,1-6H3,(H,39,40)/t19-/m0/s1. The quantitative estimate of drug-likeness (QED) is 0.165. The summed E-state index contributed by atoms with van der Waals surface area (Å²) >= 11 is 10.1. The van der Waals surface area contributed by atoms with Crippen LogP contribution in [0.3, 0.4) is 0 Å². The average molecular weight is 671 g/mol. The van der Waals surface area contributed by atoms with E-state index in [0.29, 0.717) is 33.4 Å². The second-order valence-corrected chi connectivity index (χ2v) is 11.2. The third-order valence-corrected chi connectivity index (χ3v) is 8.13. The number of halogens is 2. The number of hydrogen-bond donors (Lipinski definition) is 1. The number of aryl methyl sites for hydroxylation is 1. The van der Waals surface area contributed by atoms with Crippen LogP contribution in [0.15, 0.2) is 56.8 Å². The summed E-state index contributed by atoms with van der Waals surface area (Å²) in [7, 11) is 0. The van der Waals surface area contributed by atoms with Crippen LogP contribution in [0.4, 0.5) is 0 Å². The van der Waals surface area contributed by atoms with Crippen molar-refractivity contribution in [3.8, 4) is 28.6 Å². The lowest BCUT2D eigenvalue weighted by Gasteiger charge is -2.19. The van der Waals surface area contributed by atoms with Gasteiger partial charge in [0.1, 0.15) is 10.8 Å². The van der Waals surface area contributed by atoms with Gasteiger partial charge in [0.05, 0.1) is 30.3 Å². The predicted molar refractivity (Wildman–Crippen MR) is 172 cm³/mol. The van der Waals surface area contributed by atoms with E-state index in [0.717, 1.165) is 22.4 Å². The maximum atomic E-state index is 13.9. The molecule has 0 amide bonds. The lowest BCUT2D eigenvalue weighted by atomic mass is 9.96. The molecule has 1 aromatic heterocycles. The zero-order valence-corrected chi connectivity index (χ0v) is 27.1. The van der Waals surface area contributed by atoms with Crippen molar-refractivity contribution in [3.63, 3.8) is 0 Å². The van der Waals surface area contributed by atoms with Gasteiger partial charge in [-0.15, -0.1) is 0 Å². The summed E-state index contributed by atoms with van der Waals surface area (Å²) in [4.78, 5) is 30.1. The maximum absolute atomic E-state index is 13.9. The Kier molecular flexibility index (Phi) is 10.1. The molecule has 226 valence electrons. The van der Waals surface area contributed by atoms with Gasteiger partial charge in [0.25, 0.3) is 5.56 Å². The predicted octanol–water partition coefficient (Wildman–Crippen LogP) is 7.44. The highest BCUT2D eigenvalue weighted by atomic mass is 79.9. The number of carboxylic acid groups (broad SMARTS) is 1. The molecule has 0 bridgehead atoms. The van der Waals surface area contributed by atoms with Gasteiger partial charge in [0.15, 0.2) is 23.4 Å². The molecule has 11 heteroatoms. The number of hydrogen-bond acceptors (Lipinski definition) is 7. The zero-order chi connectivity index (χ0) is 31.4. The van der Waals surface area contributed by atoms with Crippen LogP contribution < -0.4 is 19.8 Å². The van der Waals surface area contributed by atoms with Crippen molar-refractivity contribution in [2.45, 2.75) is 53.6 Å². The van der Waals surface area contributed by atoms with Gasteiger partial charge < -0.3 is 19.3 Å². The summed E-state index contributed by atoms with van der Waals surface area (Å²) in [5.41, 5.74) is 3.27. The first kappa shape index (κ1) is 32.0. The normalized spacial score (nSPS) is 12.2. The molecule has 3 aromatic carbocycles. The molecule has 1 heterocycles. The molecule has 0 aliphatic rings. The monoisotopic (exact) mass is 669 g/mol. The van der Waals surface area contributed by atoms with Gasteiger partial charge in [-0.2, -0.15) is 9.78 Å². The highest BCUT2D eigenvalue weighted by molar-refractivity contribution is 9.10. The van der Waals surface area contributed by atoms with Gasteiger partial charge >= 0.3 is 5.97 Å². The van der Waals surface area contributed by atoms with E-state index < -0.39 is 12.1 Å². The molecule has 0 fully saturated rings. The van der Waals surface area contributed by atoms with Crippen LogP contribution in [0.2, 0.25) is 5.02 Å². The molecule has 0 unspecified atom stereocenters. The first-order chi connectivity index (χ1) is 20.5. The largest absolute Gasteiger partial charge is 0.494 e. The van der Waals surface area contributed by atoms with Crippen molar-refractivity contribution in [3.05, 3.63) is 79.0 Å². The maximum Gasteiger partial charge on any atom is 0.344 e. The van der Waals surface area contributed by atoms with E-state index in [2.05, 4.69) is 34.9 Å². The van der Waals surface area contributed by atoms with Crippen molar-refractivity contribution >= 4 is 50.6 Å². The summed E-state index contributed by atoms with van der Waals surface area (Å²) in [6.45, 7) is 12.0. The van der Waals surface area contributed by atoms with Crippen molar-refractivity contribution in [2.24, 2.45) is 5.10 Å². The molecule has 43 heavy (non-hydrogen) atoms. The van der Waals surface area contributed by atoms with Crippen LogP contribution in [0.1, 0.15) is 57.2 Å². The van der Waals surface area contributed by atoms with E-state index in [-0.39, 0.29) is 34.6 Å². The van der Waals surface area contributed by atoms with Crippen LogP contribution in [-0.2, 0) is 4.79 Å². The molecule has 1 N–H and O–H groups in total. The molecule has 0 saturated heterocycles. The van der Waals surface area contributed by atoms with Gasteiger partial charge in [-0.05, 0) is 91.0 Å². The summed E-state index contributed by atoms with van der Waals surface area (Å²) in [5.74, 6) is 0.478. The second kappa shape index (κ2) is 13.6. The highest BCUT2D eigenvalue weighted by Gasteiger charge is 2.23. The summed E-state index contributed by atoms with van der Waals surface area (Å²) in [6.07, 6.45) is 0.304. The number of carboxylic acids is 1. The van der Waals surface area contributed by atoms with Gasteiger partial charge in [-0.1, -0.05) is 37.6 Å². The van der Waals surface area contributed by atoms with Crippen LogP contribution in [0, 0.1) is 6.92 Å². The molecule has 4 rings (SSSR count). The Hall–Kier alpha value is -3.89. The summed E-state index contributed by atoms with van der Waals surface area (Å²) in [6, 6.07) is 12.7. The number of benzene rings is 3. The number of rotatable bonds is 11. The Labute approximate surface area is 263 Å². The van der Waals surface area contributed by atoms with E-state index in [9.17, 15) is 14.7 Å². The van der Waals surface area contributed by atoms with Gasteiger partial charge in [0.2, 0.25) is 0 Å². The number of aromatic nitrogens is 2. The summed E-state index contributed by atoms with van der Waals surface area (Å²) < 4.78 is 18.9. The Morgan fingerprint density at radius 1 is 1.12 bits per heavy atom. The minimum atomic E-state index is -1.17. The van der Waals surface area contributed by atoms with Gasteiger partial charge in [0, 0.05) is 15.6 Å². The highest BCUT2D eigenvalue weighted by Crippen LogP contribution is 2.43. The van der Waals surface area contributed by atoms with E-state index in [4.69, 9.17) is 30.8 Å². The van der Waals surface area contributed by atoms with Crippen LogP contribution >= 0.6 is 27.5 Å². The second-order valence-electron chi connectivity index (χ2n) is 10.1. The SMILES string of the molecule is CCOc1cc(C)c(-c2nc3ccccc3c(=O)n2N=Cc2cc(OCC)c(O[C@@H](C)C(=O)O)c(Cl)c2Br)cc1C(C)C. The number of carbonyl (C=O) groups is 1. The molecule has 0 aliphatic carbocycles. The number of nitrogens with zero attached hydrogens (tertiary/aromatic N) is 3. The lowest BCUT2D eigenvalue weighted by molar-refractivity contribution is -0.144. The Balaban J connectivity index is 1.94. The number of aliphatic carboxylic acids is 1. The molecular formula is C32H33BrClN3O6. The smallest absolute Gasteiger partial charge is 0.344 e. The van der Waals surface area contributed by atoms with E-state index in [1.165, 1.54) is 17.8 Å². The molecule has 1 atom stereocenters. The third kappa shape index (κ3) is 6.70. The molecule has 0 radical (unpaired) electrons. The fourth-order valence-electron chi connectivity index (χ4n) is 4.49. The van der Waals surface area contributed by atoms with Crippen molar-refractivity contribution in [1.29, 1.82) is 0 Å². The fourth-order valence-corrected chi connectivity index (χ4v) is 5.14. The minimum Gasteiger partial charge on any atom is -0.494 e. The Morgan fingerprint density at radius 3 is 2.44 bits per heavy atom. The third-order valence-electron chi connectivity index (χ3n) is 6.68. The first-order valence-corrected chi connectivity index (χ1v) is 15.0. The zero-order valence-electron chi connectivity index (χ0n) is 24.8. The number of fused-ring (bicyclic) bond motifs is 1. The van der Waals surface area contributed by atoms with E-state index in [1.54, 1.807) is 31.2 Å². The summed E-state index contributed by atoms with van der Waals surface area (Å²) in [5, 5.41) is 14.5. The van der Waals surface area contributed by atoms with Crippen LogP contribution in [0.25, 0.3) is 22.3 Å². The molecule has 4 aromatic rings. The van der Waals surface area contributed by atoms with Crippen molar-refractivity contribution in [1.82, 2.24) is 9.66 Å². The number of para-hydroxylation sites is 1. The van der Waals surface area contributed by atoms with E-state index in [1.807, 2.05) is 32.0 Å². The lowest BCUT2D eigenvalue weighted by Crippen LogP contribution is -2.23.